The van der Waals surface area contributed by atoms with Crippen LogP contribution in [0.5, 0.6) is 0 Å². The Morgan fingerprint density at radius 1 is 1.39 bits per heavy atom. The lowest BCUT2D eigenvalue weighted by atomic mass is 9.94. The van der Waals surface area contributed by atoms with Crippen LogP contribution >= 0.6 is 11.3 Å². The molecule has 1 saturated heterocycles. The Hall–Kier alpha value is -0.380. The van der Waals surface area contributed by atoms with Crippen LogP contribution in [0, 0.1) is 5.92 Å². The molecule has 0 radical (unpaired) electrons. The van der Waals surface area contributed by atoms with Crippen LogP contribution in [0.4, 0.5) is 0 Å². The summed E-state index contributed by atoms with van der Waals surface area (Å²) in [4.78, 5) is 3.01. The molecule has 1 fully saturated rings. The maximum atomic E-state index is 5.72. The van der Waals surface area contributed by atoms with E-state index in [0.29, 0.717) is 18.1 Å². The van der Waals surface area contributed by atoms with Gasteiger partial charge in [0.05, 0.1) is 12.7 Å². The molecule has 3 atom stereocenters. The van der Waals surface area contributed by atoms with Crippen LogP contribution < -0.4 is 5.32 Å². The van der Waals surface area contributed by atoms with Gasteiger partial charge in [-0.25, -0.2) is 0 Å². The first kappa shape index (κ1) is 14.0. The summed E-state index contributed by atoms with van der Waals surface area (Å²) >= 11 is 1.97. The Bertz CT molecular complexity index is 363. The minimum atomic E-state index is 0.436. The van der Waals surface area contributed by atoms with Crippen LogP contribution in [0.2, 0.25) is 0 Å². The number of ether oxygens (including phenoxy) is 1. The van der Waals surface area contributed by atoms with Crippen molar-refractivity contribution in [3.05, 3.63) is 21.9 Å². The third kappa shape index (κ3) is 3.56. The largest absolute Gasteiger partial charge is 0.378 e. The number of thiophene rings is 1. The zero-order valence-corrected chi connectivity index (χ0v) is 12.6. The third-order valence-electron chi connectivity index (χ3n) is 3.75. The number of nitrogens with one attached hydrogen (secondary N) is 1. The van der Waals surface area contributed by atoms with Gasteiger partial charge < -0.3 is 10.1 Å². The predicted octanol–water partition coefficient (Wildman–Crippen LogP) is 3.26. The molecule has 102 valence electrons. The van der Waals surface area contributed by atoms with Crippen molar-refractivity contribution in [3.63, 3.8) is 0 Å². The van der Waals surface area contributed by atoms with E-state index in [1.807, 2.05) is 11.3 Å². The van der Waals surface area contributed by atoms with Crippen LogP contribution in [0.1, 0.15) is 36.9 Å². The van der Waals surface area contributed by atoms with E-state index in [2.05, 4.69) is 38.2 Å². The van der Waals surface area contributed by atoms with Crippen molar-refractivity contribution >= 4 is 11.3 Å². The smallest absolute Gasteiger partial charge is 0.0551 e. The monoisotopic (exact) mass is 267 g/mol. The highest BCUT2D eigenvalue weighted by Crippen LogP contribution is 2.26. The molecule has 1 aromatic rings. The van der Waals surface area contributed by atoms with E-state index >= 15 is 0 Å². The van der Waals surface area contributed by atoms with E-state index < -0.39 is 0 Å². The van der Waals surface area contributed by atoms with Crippen LogP contribution in [-0.2, 0) is 17.6 Å². The summed E-state index contributed by atoms with van der Waals surface area (Å²) in [5.74, 6) is 0.673. The second kappa shape index (κ2) is 6.69. The van der Waals surface area contributed by atoms with Gasteiger partial charge in [0.15, 0.2) is 0 Å². The fourth-order valence-corrected chi connectivity index (χ4v) is 3.75. The van der Waals surface area contributed by atoms with Crippen molar-refractivity contribution in [1.82, 2.24) is 5.32 Å². The number of likely N-dealkylation sites (N-methyl/N-ethyl adjacent to an activating group) is 1. The molecular formula is C15H25NOS. The molecule has 0 spiro atoms. The third-order valence-corrected chi connectivity index (χ3v) is 5.00. The first-order valence-corrected chi connectivity index (χ1v) is 7.97. The highest BCUT2D eigenvalue weighted by atomic mass is 32.1. The van der Waals surface area contributed by atoms with Crippen molar-refractivity contribution in [2.24, 2.45) is 5.92 Å². The molecule has 1 aliphatic heterocycles. The summed E-state index contributed by atoms with van der Waals surface area (Å²) in [6.07, 6.45) is 3.94. The average molecular weight is 267 g/mol. The maximum absolute atomic E-state index is 5.72. The minimum absolute atomic E-state index is 0.436. The first-order chi connectivity index (χ1) is 8.72. The molecule has 1 N–H and O–H groups in total. The minimum Gasteiger partial charge on any atom is -0.378 e. The van der Waals surface area contributed by atoms with Gasteiger partial charge in [-0.05, 0) is 44.9 Å². The Labute approximate surface area is 115 Å². The fourth-order valence-electron chi connectivity index (χ4n) is 2.74. The standard InChI is InChI=1S/C15H25NOS/c1-4-13-6-7-14(18-13)9-15(16-5-2)12-8-11(3)17-10-12/h6-7,11-12,15-16H,4-5,8-10H2,1-3H3. The zero-order chi connectivity index (χ0) is 13.0. The van der Waals surface area contributed by atoms with E-state index in [0.717, 1.165) is 26.0 Å². The molecule has 3 unspecified atom stereocenters. The van der Waals surface area contributed by atoms with E-state index in [-0.39, 0.29) is 0 Å². The van der Waals surface area contributed by atoms with Gasteiger partial charge in [-0.2, -0.15) is 0 Å². The van der Waals surface area contributed by atoms with Gasteiger partial charge in [-0.1, -0.05) is 13.8 Å². The van der Waals surface area contributed by atoms with Gasteiger partial charge in [0.1, 0.15) is 0 Å². The first-order valence-electron chi connectivity index (χ1n) is 7.15. The Morgan fingerprint density at radius 3 is 2.72 bits per heavy atom. The van der Waals surface area contributed by atoms with Crippen LogP contribution in [0.15, 0.2) is 12.1 Å². The molecule has 2 nitrogen and oxygen atoms in total. The molecule has 0 aliphatic carbocycles. The second-order valence-electron chi connectivity index (χ2n) is 5.23. The van der Waals surface area contributed by atoms with E-state index in [1.165, 1.54) is 16.2 Å². The van der Waals surface area contributed by atoms with Gasteiger partial charge in [-0.3, -0.25) is 0 Å². The lowest BCUT2D eigenvalue weighted by Crippen LogP contribution is -2.38. The van der Waals surface area contributed by atoms with Gasteiger partial charge in [-0.15, -0.1) is 11.3 Å². The number of hydrogen-bond acceptors (Lipinski definition) is 3. The van der Waals surface area contributed by atoms with Crippen molar-refractivity contribution in [1.29, 1.82) is 0 Å². The van der Waals surface area contributed by atoms with E-state index in [9.17, 15) is 0 Å². The predicted molar refractivity (Wildman–Crippen MR) is 78.4 cm³/mol. The Balaban J connectivity index is 1.97. The highest BCUT2D eigenvalue weighted by molar-refractivity contribution is 7.11. The summed E-state index contributed by atoms with van der Waals surface area (Å²) in [6.45, 7) is 8.57. The van der Waals surface area contributed by atoms with E-state index in [4.69, 9.17) is 4.74 Å². The van der Waals surface area contributed by atoms with Crippen molar-refractivity contribution in [2.45, 2.75) is 52.2 Å². The van der Waals surface area contributed by atoms with Crippen molar-refractivity contribution < 1.29 is 4.74 Å². The van der Waals surface area contributed by atoms with Crippen LogP contribution in [0.25, 0.3) is 0 Å². The quantitative estimate of drug-likeness (QED) is 0.854. The number of hydrogen-bond donors (Lipinski definition) is 1. The molecular weight excluding hydrogens is 242 g/mol. The maximum Gasteiger partial charge on any atom is 0.0551 e. The van der Waals surface area contributed by atoms with Crippen molar-refractivity contribution in [2.75, 3.05) is 13.2 Å². The van der Waals surface area contributed by atoms with Gasteiger partial charge in [0.2, 0.25) is 0 Å². The van der Waals surface area contributed by atoms with Crippen molar-refractivity contribution in [3.8, 4) is 0 Å². The molecule has 2 rings (SSSR count). The molecule has 0 aromatic carbocycles. The highest BCUT2D eigenvalue weighted by Gasteiger charge is 2.29. The summed E-state index contributed by atoms with van der Waals surface area (Å²) in [6, 6.07) is 5.15. The Kier molecular flexibility index (Phi) is 5.22. The summed E-state index contributed by atoms with van der Waals surface area (Å²) in [5, 5.41) is 3.65. The summed E-state index contributed by atoms with van der Waals surface area (Å²) in [5.41, 5.74) is 0. The molecule has 3 heteroatoms. The summed E-state index contributed by atoms with van der Waals surface area (Å²) in [7, 11) is 0. The topological polar surface area (TPSA) is 21.3 Å². The molecule has 0 saturated carbocycles. The number of aryl methyl sites for hydroxylation is 1. The zero-order valence-electron chi connectivity index (χ0n) is 11.7. The molecule has 0 amide bonds. The molecule has 1 aromatic heterocycles. The normalized spacial score (nSPS) is 25.5. The average Bonchev–Trinajstić information content (AvgIpc) is 2.97. The van der Waals surface area contributed by atoms with Gasteiger partial charge in [0, 0.05) is 21.7 Å². The lowest BCUT2D eigenvalue weighted by molar-refractivity contribution is 0.117. The van der Waals surface area contributed by atoms with Crippen LogP contribution in [-0.4, -0.2) is 25.3 Å². The SMILES string of the molecule is CCNC(Cc1ccc(CC)s1)C1COC(C)C1. The van der Waals surface area contributed by atoms with Gasteiger partial charge >= 0.3 is 0 Å². The molecule has 18 heavy (non-hydrogen) atoms. The molecule has 2 heterocycles. The molecule has 1 aliphatic rings. The summed E-state index contributed by atoms with van der Waals surface area (Å²) < 4.78 is 5.72. The second-order valence-corrected chi connectivity index (χ2v) is 6.48. The lowest BCUT2D eigenvalue weighted by Gasteiger charge is -2.22. The molecule has 0 bridgehead atoms. The Morgan fingerprint density at radius 2 is 2.17 bits per heavy atom. The number of rotatable bonds is 6. The van der Waals surface area contributed by atoms with Gasteiger partial charge in [0.25, 0.3) is 0 Å². The van der Waals surface area contributed by atoms with E-state index in [1.54, 1.807) is 0 Å². The fraction of sp³-hybridized carbons (Fsp3) is 0.733. The van der Waals surface area contributed by atoms with Crippen LogP contribution in [0.3, 0.4) is 0 Å².